The van der Waals surface area contributed by atoms with Crippen molar-refractivity contribution in [3.63, 3.8) is 0 Å². The summed E-state index contributed by atoms with van der Waals surface area (Å²) in [5, 5.41) is 10.3. The number of aromatic nitrogens is 1. The second-order valence-electron chi connectivity index (χ2n) is 5.25. The normalized spacial score (nSPS) is 11.0. The first kappa shape index (κ1) is 15.7. The van der Waals surface area contributed by atoms with Gasteiger partial charge in [-0.2, -0.15) is 0 Å². The minimum atomic E-state index is 0.206. The number of ether oxygens (including phenoxy) is 2. The highest BCUT2D eigenvalue weighted by atomic mass is 16.5. The molecule has 4 nitrogen and oxygen atoms in total. The Labute approximate surface area is 126 Å². The van der Waals surface area contributed by atoms with Crippen molar-refractivity contribution >= 4 is 10.9 Å². The van der Waals surface area contributed by atoms with Gasteiger partial charge in [0.05, 0.1) is 19.7 Å². The van der Waals surface area contributed by atoms with Crippen LogP contribution in [0.3, 0.4) is 0 Å². The first-order valence-electron chi connectivity index (χ1n) is 7.59. The van der Waals surface area contributed by atoms with Crippen LogP contribution in [-0.2, 0) is 13.0 Å². The Morgan fingerprint density at radius 1 is 1.10 bits per heavy atom. The van der Waals surface area contributed by atoms with Gasteiger partial charge in [0, 0.05) is 30.8 Å². The molecule has 2 aromatic rings. The Kier molecular flexibility index (Phi) is 5.51. The van der Waals surface area contributed by atoms with Crippen LogP contribution in [-0.4, -0.2) is 30.5 Å². The third kappa shape index (κ3) is 3.32. The zero-order valence-corrected chi connectivity index (χ0v) is 13.2. The minimum absolute atomic E-state index is 0.206. The maximum atomic E-state index is 9.07. The second kappa shape index (κ2) is 7.36. The molecule has 1 aromatic heterocycles. The molecule has 116 valence electrons. The smallest absolute Gasteiger partial charge is 0.162 e. The van der Waals surface area contributed by atoms with Crippen molar-refractivity contribution < 1.29 is 14.6 Å². The predicted molar refractivity (Wildman–Crippen MR) is 85.4 cm³/mol. The zero-order valence-electron chi connectivity index (χ0n) is 13.2. The molecule has 0 aliphatic carbocycles. The van der Waals surface area contributed by atoms with Gasteiger partial charge in [0.15, 0.2) is 11.5 Å². The third-order valence-corrected chi connectivity index (χ3v) is 3.83. The quantitative estimate of drug-likeness (QED) is 0.811. The lowest BCUT2D eigenvalue weighted by Crippen LogP contribution is -1.99. The summed E-state index contributed by atoms with van der Waals surface area (Å²) in [5.41, 5.74) is 2.48. The molecule has 0 aliphatic heterocycles. The highest BCUT2D eigenvalue weighted by molar-refractivity contribution is 5.87. The fourth-order valence-corrected chi connectivity index (χ4v) is 2.68. The maximum absolute atomic E-state index is 9.07. The van der Waals surface area contributed by atoms with Gasteiger partial charge >= 0.3 is 0 Å². The Balaban J connectivity index is 2.51. The van der Waals surface area contributed by atoms with E-state index in [0.29, 0.717) is 0 Å². The lowest BCUT2D eigenvalue weighted by atomic mass is 10.1. The maximum Gasteiger partial charge on any atom is 0.162 e. The number of fused-ring (bicyclic) bond motifs is 1. The van der Waals surface area contributed by atoms with Gasteiger partial charge < -0.3 is 19.1 Å². The SMILES string of the molecule is CCCCc1cn(CCCO)c2cc(OC)c(OC)cc12. The van der Waals surface area contributed by atoms with E-state index < -0.39 is 0 Å². The molecule has 0 unspecified atom stereocenters. The molecule has 0 amide bonds. The number of nitrogens with zero attached hydrogens (tertiary/aromatic N) is 1. The number of aliphatic hydroxyl groups is 1. The first-order chi connectivity index (χ1) is 10.2. The van der Waals surface area contributed by atoms with Crippen LogP contribution < -0.4 is 9.47 Å². The first-order valence-corrected chi connectivity index (χ1v) is 7.59. The van der Waals surface area contributed by atoms with Crippen molar-refractivity contribution in [3.05, 3.63) is 23.9 Å². The van der Waals surface area contributed by atoms with Gasteiger partial charge in [0.1, 0.15) is 0 Å². The molecule has 4 heteroatoms. The number of rotatable bonds is 8. The fourth-order valence-electron chi connectivity index (χ4n) is 2.68. The van der Waals surface area contributed by atoms with Gasteiger partial charge in [-0.1, -0.05) is 13.3 Å². The molecule has 0 fully saturated rings. The van der Waals surface area contributed by atoms with Crippen molar-refractivity contribution in [2.24, 2.45) is 0 Å². The number of methoxy groups -OCH3 is 2. The number of hydrogen-bond donors (Lipinski definition) is 1. The largest absolute Gasteiger partial charge is 0.493 e. The number of aliphatic hydroxyl groups excluding tert-OH is 1. The standard InChI is InChI=1S/C17H25NO3/c1-4-5-7-13-12-18(8-6-9-19)15-11-17(21-3)16(20-2)10-14(13)15/h10-12,19H,4-9H2,1-3H3. The second-order valence-corrected chi connectivity index (χ2v) is 5.25. The highest BCUT2D eigenvalue weighted by Gasteiger charge is 2.13. The van der Waals surface area contributed by atoms with Crippen LogP contribution in [0.25, 0.3) is 10.9 Å². The predicted octanol–water partition coefficient (Wildman–Crippen LogP) is 3.38. The molecule has 1 aromatic carbocycles. The summed E-state index contributed by atoms with van der Waals surface area (Å²) < 4.78 is 13.0. The van der Waals surface area contributed by atoms with E-state index in [0.717, 1.165) is 36.4 Å². The van der Waals surface area contributed by atoms with Gasteiger partial charge in [-0.3, -0.25) is 0 Å². The van der Waals surface area contributed by atoms with Gasteiger partial charge in [-0.25, -0.2) is 0 Å². The summed E-state index contributed by atoms with van der Waals surface area (Å²) in [6.45, 7) is 3.22. The molecule has 2 rings (SSSR count). The summed E-state index contributed by atoms with van der Waals surface area (Å²) in [7, 11) is 3.32. The summed E-state index contributed by atoms with van der Waals surface area (Å²) in [4.78, 5) is 0. The van der Waals surface area contributed by atoms with Crippen LogP contribution in [0.5, 0.6) is 11.5 Å². The van der Waals surface area contributed by atoms with Crippen LogP contribution in [0.4, 0.5) is 0 Å². The topological polar surface area (TPSA) is 43.6 Å². The molecule has 0 saturated carbocycles. The molecule has 1 heterocycles. The van der Waals surface area contributed by atoms with E-state index in [1.165, 1.54) is 23.8 Å². The number of hydrogen-bond acceptors (Lipinski definition) is 3. The summed E-state index contributed by atoms with van der Waals surface area (Å²) >= 11 is 0. The third-order valence-electron chi connectivity index (χ3n) is 3.83. The lowest BCUT2D eigenvalue weighted by Gasteiger charge is -2.10. The Morgan fingerprint density at radius 2 is 1.81 bits per heavy atom. The van der Waals surface area contributed by atoms with Crippen LogP contribution in [0.1, 0.15) is 31.7 Å². The molecule has 0 atom stereocenters. The molecular weight excluding hydrogens is 266 g/mol. The average Bonchev–Trinajstić information content (AvgIpc) is 2.86. The molecule has 21 heavy (non-hydrogen) atoms. The monoisotopic (exact) mass is 291 g/mol. The minimum Gasteiger partial charge on any atom is -0.493 e. The van der Waals surface area contributed by atoms with Gasteiger partial charge in [-0.15, -0.1) is 0 Å². The molecule has 1 N–H and O–H groups in total. The van der Waals surface area contributed by atoms with E-state index in [1.54, 1.807) is 14.2 Å². The van der Waals surface area contributed by atoms with Crippen molar-refractivity contribution in [2.75, 3.05) is 20.8 Å². The Morgan fingerprint density at radius 3 is 2.43 bits per heavy atom. The van der Waals surface area contributed by atoms with Crippen molar-refractivity contribution in [1.29, 1.82) is 0 Å². The van der Waals surface area contributed by atoms with Crippen molar-refractivity contribution in [2.45, 2.75) is 39.2 Å². The lowest BCUT2D eigenvalue weighted by molar-refractivity contribution is 0.280. The molecular formula is C17H25NO3. The molecule has 0 radical (unpaired) electrons. The van der Waals surface area contributed by atoms with Crippen LogP contribution >= 0.6 is 0 Å². The number of benzene rings is 1. The van der Waals surface area contributed by atoms with Gasteiger partial charge in [-0.05, 0) is 30.9 Å². The van der Waals surface area contributed by atoms with Crippen LogP contribution in [0, 0.1) is 0 Å². The van der Waals surface area contributed by atoms with Gasteiger partial charge in [0.25, 0.3) is 0 Å². The Bertz CT molecular complexity index is 539. The van der Waals surface area contributed by atoms with Gasteiger partial charge in [0.2, 0.25) is 0 Å². The van der Waals surface area contributed by atoms with E-state index in [2.05, 4.69) is 23.8 Å². The van der Waals surface area contributed by atoms with Crippen molar-refractivity contribution in [1.82, 2.24) is 4.57 Å². The van der Waals surface area contributed by atoms with E-state index in [-0.39, 0.29) is 6.61 Å². The highest BCUT2D eigenvalue weighted by Crippen LogP contribution is 2.35. The molecule has 0 spiro atoms. The van der Waals surface area contributed by atoms with Crippen LogP contribution in [0.15, 0.2) is 18.3 Å². The average molecular weight is 291 g/mol. The molecule has 0 aliphatic rings. The van der Waals surface area contributed by atoms with E-state index in [9.17, 15) is 0 Å². The van der Waals surface area contributed by atoms with Crippen molar-refractivity contribution in [3.8, 4) is 11.5 Å². The molecule has 0 saturated heterocycles. The number of unbranched alkanes of at least 4 members (excludes halogenated alkanes) is 1. The summed E-state index contributed by atoms with van der Waals surface area (Å²) in [6, 6.07) is 4.09. The fraction of sp³-hybridized carbons (Fsp3) is 0.529. The molecule has 0 bridgehead atoms. The summed E-state index contributed by atoms with van der Waals surface area (Å²) in [6.07, 6.45) is 6.37. The van der Waals surface area contributed by atoms with E-state index in [4.69, 9.17) is 14.6 Å². The van der Waals surface area contributed by atoms with Crippen LogP contribution in [0.2, 0.25) is 0 Å². The number of aryl methyl sites for hydroxylation is 2. The van der Waals surface area contributed by atoms with E-state index >= 15 is 0 Å². The Hall–Kier alpha value is -1.68. The summed E-state index contributed by atoms with van der Waals surface area (Å²) in [5.74, 6) is 1.51. The van der Waals surface area contributed by atoms with E-state index in [1.807, 2.05) is 6.07 Å². The zero-order chi connectivity index (χ0) is 15.2.